The topological polar surface area (TPSA) is 61.5 Å². The number of carbonyl (C=O) groups is 1. The van der Waals surface area contributed by atoms with E-state index in [0.717, 1.165) is 17.7 Å². The SMILES string of the molecule is C[C@@H]1OC(=O)[C@@H](N)COC[C@H](Cc2ccc(C(F)(F)F)cc2)[C@H]1Cc1ccc(F)cc1. The van der Waals surface area contributed by atoms with Crippen molar-refractivity contribution >= 4 is 5.97 Å². The molecule has 4 atom stereocenters. The molecule has 0 aromatic heterocycles. The Balaban J connectivity index is 1.85. The summed E-state index contributed by atoms with van der Waals surface area (Å²) in [5.41, 5.74) is 6.66. The van der Waals surface area contributed by atoms with E-state index >= 15 is 0 Å². The normalized spacial score (nSPS) is 25.3. The van der Waals surface area contributed by atoms with Crippen molar-refractivity contribution in [1.82, 2.24) is 0 Å². The van der Waals surface area contributed by atoms with Crippen molar-refractivity contribution in [3.05, 3.63) is 71.0 Å². The summed E-state index contributed by atoms with van der Waals surface area (Å²) in [6.45, 7) is 2.03. The first-order valence-electron chi connectivity index (χ1n) is 10.1. The van der Waals surface area contributed by atoms with Crippen LogP contribution in [0, 0.1) is 17.7 Å². The molecule has 0 unspecified atom stereocenters. The Labute approximate surface area is 178 Å². The third-order valence-electron chi connectivity index (χ3n) is 5.61. The van der Waals surface area contributed by atoms with Crippen LogP contribution in [0.25, 0.3) is 0 Å². The van der Waals surface area contributed by atoms with Gasteiger partial charge in [-0.3, -0.25) is 4.79 Å². The lowest BCUT2D eigenvalue weighted by Crippen LogP contribution is -2.39. The third-order valence-corrected chi connectivity index (χ3v) is 5.61. The zero-order chi connectivity index (χ0) is 22.6. The second kappa shape index (κ2) is 9.78. The van der Waals surface area contributed by atoms with E-state index in [1.165, 1.54) is 24.3 Å². The van der Waals surface area contributed by atoms with Crippen LogP contribution in [0.4, 0.5) is 17.6 Å². The zero-order valence-corrected chi connectivity index (χ0v) is 17.1. The predicted octanol–water partition coefficient (Wildman–Crippen LogP) is 4.15. The number of carbonyl (C=O) groups excluding carboxylic acids is 1. The smallest absolute Gasteiger partial charge is 0.416 e. The molecule has 1 fully saturated rings. The van der Waals surface area contributed by atoms with E-state index in [1.807, 2.05) is 0 Å². The molecule has 1 aliphatic heterocycles. The third kappa shape index (κ3) is 6.27. The first kappa shape index (κ1) is 23.2. The molecule has 2 N–H and O–H groups in total. The summed E-state index contributed by atoms with van der Waals surface area (Å²) in [5.74, 6) is -1.28. The molecule has 0 amide bonds. The van der Waals surface area contributed by atoms with Gasteiger partial charge < -0.3 is 15.2 Å². The summed E-state index contributed by atoms with van der Waals surface area (Å²) in [6.07, 6.45) is -3.99. The van der Waals surface area contributed by atoms with Crippen LogP contribution in [-0.4, -0.2) is 31.3 Å². The maximum atomic E-state index is 13.3. The van der Waals surface area contributed by atoms with E-state index in [9.17, 15) is 22.4 Å². The van der Waals surface area contributed by atoms with Gasteiger partial charge in [0.15, 0.2) is 0 Å². The summed E-state index contributed by atoms with van der Waals surface area (Å²) in [6, 6.07) is 10.2. The molecule has 31 heavy (non-hydrogen) atoms. The average molecular weight is 439 g/mol. The van der Waals surface area contributed by atoms with Crippen LogP contribution < -0.4 is 5.73 Å². The van der Waals surface area contributed by atoms with Gasteiger partial charge in [0.25, 0.3) is 0 Å². The number of rotatable bonds is 4. The summed E-state index contributed by atoms with van der Waals surface area (Å²) in [5, 5.41) is 0. The maximum Gasteiger partial charge on any atom is 0.416 e. The minimum absolute atomic E-state index is 0.00165. The Kier molecular flexibility index (Phi) is 7.33. The molecular formula is C23H25F4NO3. The number of alkyl halides is 3. The van der Waals surface area contributed by atoms with E-state index in [0.29, 0.717) is 18.4 Å². The Hall–Kier alpha value is -2.45. The molecule has 0 bridgehead atoms. The maximum absolute atomic E-state index is 13.3. The first-order valence-corrected chi connectivity index (χ1v) is 10.1. The highest BCUT2D eigenvalue weighted by atomic mass is 19.4. The first-order chi connectivity index (χ1) is 14.6. The summed E-state index contributed by atoms with van der Waals surface area (Å²) < 4.78 is 63.2. The molecule has 2 aromatic carbocycles. The molecule has 8 heteroatoms. The highest BCUT2D eigenvalue weighted by Crippen LogP contribution is 2.31. The van der Waals surface area contributed by atoms with Crippen molar-refractivity contribution in [3.63, 3.8) is 0 Å². The molecule has 1 saturated heterocycles. The Morgan fingerprint density at radius 1 is 0.968 bits per heavy atom. The summed E-state index contributed by atoms with van der Waals surface area (Å²) >= 11 is 0. The number of esters is 1. The number of nitrogens with two attached hydrogens (primary N) is 1. The number of halogens is 4. The largest absolute Gasteiger partial charge is 0.461 e. The van der Waals surface area contributed by atoms with E-state index in [1.54, 1.807) is 19.1 Å². The van der Waals surface area contributed by atoms with Gasteiger partial charge in [0.2, 0.25) is 0 Å². The van der Waals surface area contributed by atoms with Crippen molar-refractivity contribution in [1.29, 1.82) is 0 Å². The van der Waals surface area contributed by atoms with Crippen LogP contribution in [0.2, 0.25) is 0 Å². The van der Waals surface area contributed by atoms with Crippen molar-refractivity contribution < 1.29 is 31.8 Å². The van der Waals surface area contributed by atoms with E-state index in [2.05, 4.69) is 0 Å². The second-order valence-electron chi connectivity index (χ2n) is 7.94. The predicted molar refractivity (Wildman–Crippen MR) is 107 cm³/mol. The fraction of sp³-hybridized carbons (Fsp3) is 0.435. The highest BCUT2D eigenvalue weighted by Gasteiger charge is 2.34. The van der Waals surface area contributed by atoms with Gasteiger partial charge in [-0.1, -0.05) is 24.3 Å². The van der Waals surface area contributed by atoms with Crippen LogP contribution >= 0.6 is 0 Å². The highest BCUT2D eigenvalue weighted by molar-refractivity contribution is 5.75. The standard InChI is InChI=1S/C23H25F4NO3/c1-14-20(11-16-4-8-19(24)9-5-16)17(12-30-13-21(28)22(29)31-14)10-15-2-6-18(7-3-15)23(25,26)27/h2-9,14,17,20-21H,10-13,28H2,1H3/t14-,17-,20-,21-/m0/s1. The number of hydrogen-bond acceptors (Lipinski definition) is 4. The molecule has 168 valence electrons. The van der Waals surface area contributed by atoms with E-state index < -0.39 is 29.9 Å². The summed E-state index contributed by atoms with van der Waals surface area (Å²) in [7, 11) is 0. The second-order valence-corrected chi connectivity index (χ2v) is 7.94. The van der Waals surface area contributed by atoms with Crippen LogP contribution in [0.1, 0.15) is 23.6 Å². The average Bonchev–Trinajstić information content (AvgIpc) is 2.75. The molecule has 3 rings (SSSR count). The summed E-state index contributed by atoms with van der Waals surface area (Å²) in [4.78, 5) is 12.2. The van der Waals surface area contributed by atoms with Gasteiger partial charge in [-0.05, 0) is 61.1 Å². The van der Waals surface area contributed by atoms with E-state index in [-0.39, 0.29) is 30.9 Å². The molecule has 0 radical (unpaired) electrons. The van der Waals surface area contributed by atoms with Crippen molar-refractivity contribution in [3.8, 4) is 0 Å². The number of hydrogen-bond donors (Lipinski definition) is 1. The lowest BCUT2D eigenvalue weighted by molar-refractivity contribution is -0.153. The van der Waals surface area contributed by atoms with Crippen molar-refractivity contribution in [2.75, 3.05) is 13.2 Å². The molecular weight excluding hydrogens is 414 g/mol. The van der Waals surface area contributed by atoms with Gasteiger partial charge in [0.05, 0.1) is 18.8 Å². The van der Waals surface area contributed by atoms with Gasteiger partial charge in [-0.25, -0.2) is 4.39 Å². The fourth-order valence-corrected chi connectivity index (χ4v) is 3.85. The molecule has 0 saturated carbocycles. The number of ether oxygens (including phenoxy) is 2. The minimum atomic E-state index is -4.40. The molecule has 0 spiro atoms. The van der Waals surface area contributed by atoms with Gasteiger partial charge in [-0.2, -0.15) is 13.2 Å². The monoisotopic (exact) mass is 439 g/mol. The van der Waals surface area contributed by atoms with Gasteiger partial charge >= 0.3 is 12.1 Å². The Morgan fingerprint density at radius 3 is 2.16 bits per heavy atom. The molecule has 2 aromatic rings. The van der Waals surface area contributed by atoms with Gasteiger partial charge in [0.1, 0.15) is 18.0 Å². The van der Waals surface area contributed by atoms with Crippen LogP contribution in [-0.2, 0) is 33.3 Å². The molecule has 0 aliphatic carbocycles. The fourth-order valence-electron chi connectivity index (χ4n) is 3.85. The van der Waals surface area contributed by atoms with Gasteiger partial charge in [0, 0.05) is 5.92 Å². The molecule has 4 nitrogen and oxygen atoms in total. The lowest BCUT2D eigenvalue weighted by Gasteiger charge is -2.31. The molecule has 1 aliphatic rings. The van der Waals surface area contributed by atoms with Gasteiger partial charge in [-0.15, -0.1) is 0 Å². The number of benzene rings is 2. The minimum Gasteiger partial charge on any atom is -0.461 e. The molecule has 1 heterocycles. The van der Waals surface area contributed by atoms with Crippen molar-refractivity contribution in [2.24, 2.45) is 17.6 Å². The van der Waals surface area contributed by atoms with Crippen molar-refractivity contribution in [2.45, 2.75) is 38.1 Å². The van der Waals surface area contributed by atoms with Crippen LogP contribution in [0.15, 0.2) is 48.5 Å². The lowest BCUT2D eigenvalue weighted by atomic mass is 9.80. The Morgan fingerprint density at radius 2 is 1.55 bits per heavy atom. The van der Waals surface area contributed by atoms with E-state index in [4.69, 9.17) is 15.2 Å². The van der Waals surface area contributed by atoms with Crippen LogP contribution in [0.3, 0.4) is 0 Å². The van der Waals surface area contributed by atoms with Crippen LogP contribution in [0.5, 0.6) is 0 Å². The Bertz CT molecular complexity index is 868. The zero-order valence-electron chi connectivity index (χ0n) is 17.1. The quantitative estimate of drug-likeness (QED) is 0.574. The number of cyclic esters (lactones) is 1.